The monoisotopic (exact) mass is 477 g/mol. The second kappa shape index (κ2) is 11.8. The van der Waals surface area contributed by atoms with Gasteiger partial charge in [-0.2, -0.15) is 0 Å². The van der Waals surface area contributed by atoms with Crippen LogP contribution in [0, 0.1) is 6.92 Å². The lowest BCUT2D eigenvalue weighted by Crippen LogP contribution is -2.46. The Morgan fingerprint density at radius 1 is 1.09 bits per heavy atom. The van der Waals surface area contributed by atoms with E-state index in [2.05, 4.69) is 5.32 Å². The molecule has 0 spiro atoms. The van der Waals surface area contributed by atoms with E-state index in [4.69, 9.17) is 20.4 Å². The van der Waals surface area contributed by atoms with Crippen molar-refractivity contribution < 1.29 is 38.9 Å². The largest absolute Gasteiger partial charge is 0.480 e. The molecule has 0 bridgehead atoms. The van der Waals surface area contributed by atoms with Crippen molar-refractivity contribution in [2.75, 3.05) is 25.4 Å². The summed E-state index contributed by atoms with van der Waals surface area (Å²) in [7, 11) is 0. The minimum atomic E-state index is -1.34. The highest BCUT2D eigenvalue weighted by Gasteiger charge is 2.28. The highest BCUT2D eigenvalue weighted by atomic mass is 16.4. The van der Waals surface area contributed by atoms with Crippen LogP contribution in [0.2, 0.25) is 0 Å². The molecule has 0 aliphatic heterocycles. The molecular formula is C22H27N3O9. The van der Waals surface area contributed by atoms with Crippen molar-refractivity contribution in [1.82, 2.24) is 10.2 Å². The minimum Gasteiger partial charge on any atom is -0.480 e. The van der Waals surface area contributed by atoms with Crippen molar-refractivity contribution in [2.24, 2.45) is 0 Å². The molecule has 1 aromatic heterocycles. The van der Waals surface area contributed by atoms with Gasteiger partial charge in [-0.05, 0) is 43.9 Å². The Labute approximate surface area is 194 Å². The van der Waals surface area contributed by atoms with E-state index >= 15 is 0 Å². The first-order valence-electron chi connectivity index (χ1n) is 10.5. The van der Waals surface area contributed by atoms with E-state index in [1.807, 2.05) is 0 Å². The van der Waals surface area contributed by atoms with Gasteiger partial charge in [0.15, 0.2) is 0 Å². The van der Waals surface area contributed by atoms with Crippen LogP contribution in [0.1, 0.15) is 30.4 Å². The van der Waals surface area contributed by atoms with Gasteiger partial charge < -0.3 is 30.8 Å². The van der Waals surface area contributed by atoms with E-state index in [1.165, 1.54) is 6.07 Å². The van der Waals surface area contributed by atoms with Gasteiger partial charge in [0, 0.05) is 23.7 Å². The molecule has 12 nitrogen and oxygen atoms in total. The summed E-state index contributed by atoms with van der Waals surface area (Å²) in [6.45, 7) is 0.461. The molecule has 0 aliphatic rings. The molecule has 1 aromatic carbocycles. The number of nitrogens with zero attached hydrogens (tertiary/aromatic N) is 1. The summed E-state index contributed by atoms with van der Waals surface area (Å²) in [5.74, 6) is -4.42. The van der Waals surface area contributed by atoms with Crippen LogP contribution in [0.5, 0.6) is 0 Å². The smallest absolute Gasteiger partial charge is 0.340 e. The summed E-state index contributed by atoms with van der Waals surface area (Å²) in [6.07, 6.45) is 0.471. The van der Waals surface area contributed by atoms with Crippen LogP contribution in [0.3, 0.4) is 0 Å². The Morgan fingerprint density at radius 3 is 2.32 bits per heavy atom. The number of rotatable bonds is 13. The third-order valence-electron chi connectivity index (χ3n) is 5.28. The molecule has 0 aliphatic carbocycles. The lowest BCUT2D eigenvalue weighted by molar-refractivity contribution is -0.149. The molecular weight excluding hydrogens is 450 g/mol. The van der Waals surface area contributed by atoms with Crippen LogP contribution < -0.4 is 16.7 Å². The Balaban J connectivity index is 1.91. The predicted molar refractivity (Wildman–Crippen MR) is 120 cm³/mol. The number of aryl methyl sites for hydroxylation is 1. The number of aliphatic carboxylic acids is 3. The third kappa shape index (κ3) is 7.30. The van der Waals surface area contributed by atoms with Crippen LogP contribution in [0.15, 0.2) is 27.4 Å². The van der Waals surface area contributed by atoms with Gasteiger partial charge in [0.25, 0.3) is 0 Å². The molecule has 0 radical (unpaired) electrons. The molecule has 1 atom stereocenters. The highest BCUT2D eigenvalue weighted by molar-refractivity contribution is 5.86. The van der Waals surface area contributed by atoms with Crippen molar-refractivity contribution in [3.05, 3.63) is 39.7 Å². The van der Waals surface area contributed by atoms with Gasteiger partial charge in [-0.1, -0.05) is 0 Å². The van der Waals surface area contributed by atoms with Gasteiger partial charge in [-0.3, -0.25) is 24.1 Å². The Bertz CT molecular complexity index is 1130. The fraction of sp³-hybridized carbons (Fsp3) is 0.409. The van der Waals surface area contributed by atoms with E-state index in [1.54, 1.807) is 19.1 Å². The average Bonchev–Trinajstić information content (AvgIpc) is 2.72. The zero-order valence-corrected chi connectivity index (χ0v) is 18.6. The second-order valence-electron chi connectivity index (χ2n) is 7.82. The average molecular weight is 477 g/mol. The number of hydrogen-bond donors (Lipinski definition) is 5. The number of hydrogen-bond acceptors (Lipinski definition) is 8. The van der Waals surface area contributed by atoms with Gasteiger partial charge in [-0.25, -0.2) is 4.79 Å². The van der Waals surface area contributed by atoms with Gasteiger partial charge in [0.1, 0.15) is 11.6 Å². The maximum atomic E-state index is 12.3. The number of nitrogen functional groups attached to an aromatic ring is 1. The van der Waals surface area contributed by atoms with Crippen molar-refractivity contribution in [3.8, 4) is 0 Å². The lowest BCUT2D eigenvalue weighted by atomic mass is 10.0. The van der Waals surface area contributed by atoms with E-state index in [0.29, 0.717) is 35.1 Å². The summed E-state index contributed by atoms with van der Waals surface area (Å²) < 4.78 is 5.27. The molecule has 0 unspecified atom stereocenters. The highest BCUT2D eigenvalue weighted by Crippen LogP contribution is 2.21. The molecule has 0 saturated carbocycles. The molecule has 184 valence electrons. The molecule has 2 rings (SSSR count). The fourth-order valence-electron chi connectivity index (χ4n) is 3.61. The van der Waals surface area contributed by atoms with Crippen molar-refractivity contribution in [1.29, 1.82) is 0 Å². The quantitative estimate of drug-likeness (QED) is 0.152. The number of anilines is 1. The first kappa shape index (κ1) is 26.3. The second-order valence-corrected chi connectivity index (χ2v) is 7.82. The SMILES string of the molecule is Cc1c(CC(=O)NCCCC[C@@H](C(=O)O)N(CC(=O)O)CC(=O)O)c(=O)oc2cc(N)ccc12. The molecule has 0 saturated heterocycles. The number of amides is 1. The Kier molecular flexibility index (Phi) is 9.13. The Morgan fingerprint density at radius 2 is 1.74 bits per heavy atom. The number of carbonyl (C=O) groups is 4. The van der Waals surface area contributed by atoms with E-state index < -0.39 is 48.6 Å². The maximum Gasteiger partial charge on any atom is 0.340 e. The summed E-state index contributed by atoms with van der Waals surface area (Å²) in [4.78, 5) is 58.9. The minimum absolute atomic E-state index is 0.00225. The van der Waals surface area contributed by atoms with Crippen molar-refractivity contribution >= 4 is 40.5 Å². The maximum absolute atomic E-state index is 12.3. The predicted octanol–water partition coefficient (Wildman–Crippen LogP) is 0.437. The van der Waals surface area contributed by atoms with Gasteiger partial charge in [-0.15, -0.1) is 0 Å². The fourth-order valence-corrected chi connectivity index (χ4v) is 3.61. The van der Waals surface area contributed by atoms with Crippen LogP contribution in [0.25, 0.3) is 11.0 Å². The number of nitrogens with two attached hydrogens (primary N) is 1. The van der Waals surface area contributed by atoms with Gasteiger partial charge in [0.2, 0.25) is 5.91 Å². The molecule has 2 aromatic rings. The number of nitrogens with one attached hydrogen (secondary N) is 1. The number of carboxylic acid groups (broad SMARTS) is 3. The number of benzene rings is 1. The van der Waals surface area contributed by atoms with Crippen LogP contribution in [-0.4, -0.2) is 69.7 Å². The lowest BCUT2D eigenvalue weighted by Gasteiger charge is -2.25. The summed E-state index contributed by atoms with van der Waals surface area (Å²) in [5.41, 5.74) is 6.68. The summed E-state index contributed by atoms with van der Waals surface area (Å²) >= 11 is 0. The topological polar surface area (TPSA) is 200 Å². The molecule has 34 heavy (non-hydrogen) atoms. The van der Waals surface area contributed by atoms with Gasteiger partial charge in [0.05, 0.1) is 25.1 Å². The first-order chi connectivity index (χ1) is 16.0. The molecule has 1 amide bonds. The van der Waals surface area contributed by atoms with E-state index in [9.17, 15) is 29.1 Å². The number of carbonyl (C=O) groups excluding carboxylic acids is 1. The summed E-state index contributed by atoms with van der Waals surface area (Å²) in [6, 6.07) is 3.62. The molecule has 0 fully saturated rings. The van der Waals surface area contributed by atoms with Crippen LogP contribution >= 0.6 is 0 Å². The van der Waals surface area contributed by atoms with E-state index in [0.717, 1.165) is 4.90 Å². The van der Waals surface area contributed by atoms with Crippen LogP contribution in [0.4, 0.5) is 5.69 Å². The third-order valence-corrected chi connectivity index (χ3v) is 5.28. The molecule has 1 heterocycles. The number of unbranched alkanes of at least 4 members (excludes halogenated alkanes) is 1. The standard InChI is InChI=1S/C22H27N3O9/c1-12-14-6-5-13(23)8-17(14)34-22(33)15(12)9-18(26)24-7-3-2-4-16(21(31)32)25(10-19(27)28)11-20(29)30/h5-6,8,16H,2-4,7,9-11,23H2,1H3,(H,24,26)(H,27,28)(H,29,30)(H,31,32)/t16-/m0/s1. The zero-order chi connectivity index (χ0) is 25.4. The van der Waals surface area contributed by atoms with Crippen molar-refractivity contribution in [3.63, 3.8) is 0 Å². The zero-order valence-electron chi connectivity index (χ0n) is 18.6. The molecule has 12 heteroatoms. The normalized spacial score (nSPS) is 11.9. The first-order valence-corrected chi connectivity index (χ1v) is 10.5. The number of fused-ring (bicyclic) bond motifs is 1. The Hall–Kier alpha value is -3.93. The van der Waals surface area contributed by atoms with Gasteiger partial charge >= 0.3 is 23.5 Å². The number of carboxylic acids is 3. The summed E-state index contributed by atoms with van der Waals surface area (Å²) in [5, 5.41) is 30.5. The van der Waals surface area contributed by atoms with Crippen LogP contribution in [-0.2, 0) is 25.6 Å². The molecule has 6 N–H and O–H groups in total. The van der Waals surface area contributed by atoms with E-state index in [-0.39, 0.29) is 24.9 Å². The van der Waals surface area contributed by atoms with Crippen molar-refractivity contribution in [2.45, 2.75) is 38.6 Å².